The van der Waals surface area contributed by atoms with Crippen molar-refractivity contribution in [3.05, 3.63) is 29.6 Å². The van der Waals surface area contributed by atoms with Crippen molar-refractivity contribution in [3.63, 3.8) is 0 Å². The monoisotopic (exact) mass is 223 g/mol. The second-order valence-corrected chi connectivity index (χ2v) is 3.51. The maximum Gasteiger partial charge on any atom is 0.269 e. The van der Waals surface area contributed by atoms with Crippen LogP contribution in [-0.2, 0) is 11.3 Å². The van der Waals surface area contributed by atoms with E-state index in [1.807, 2.05) is 6.92 Å². The van der Waals surface area contributed by atoms with E-state index in [0.717, 1.165) is 5.56 Å². The van der Waals surface area contributed by atoms with Crippen molar-refractivity contribution in [1.29, 1.82) is 0 Å². The van der Waals surface area contributed by atoms with Crippen LogP contribution >= 0.6 is 0 Å². The number of carbonyl (C=O) groups is 1. The average Bonchev–Trinajstić information content (AvgIpc) is 2.35. The highest BCUT2D eigenvalue weighted by molar-refractivity contribution is 5.92. The zero-order valence-corrected chi connectivity index (χ0v) is 9.56. The van der Waals surface area contributed by atoms with E-state index >= 15 is 0 Å². The quantitative estimate of drug-likeness (QED) is 0.753. The Morgan fingerprint density at radius 2 is 2.38 bits per heavy atom. The highest BCUT2D eigenvalue weighted by atomic mass is 16.5. The summed E-state index contributed by atoms with van der Waals surface area (Å²) in [6, 6.07) is 3.46. The van der Waals surface area contributed by atoms with Gasteiger partial charge in [0, 0.05) is 26.4 Å². The van der Waals surface area contributed by atoms with Crippen molar-refractivity contribution in [2.45, 2.75) is 19.6 Å². The van der Waals surface area contributed by atoms with Crippen molar-refractivity contribution >= 4 is 5.91 Å². The van der Waals surface area contributed by atoms with Crippen molar-refractivity contribution < 1.29 is 9.53 Å². The first kappa shape index (κ1) is 12.6. The highest BCUT2D eigenvalue weighted by Crippen LogP contribution is 1.99. The summed E-state index contributed by atoms with van der Waals surface area (Å²) >= 11 is 0. The number of aromatic nitrogens is 1. The van der Waals surface area contributed by atoms with E-state index in [2.05, 4.69) is 10.3 Å². The third-order valence-corrected chi connectivity index (χ3v) is 2.25. The smallest absolute Gasteiger partial charge is 0.269 e. The lowest BCUT2D eigenvalue weighted by Gasteiger charge is -2.10. The number of methoxy groups -OCH3 is 1. The van der Waals surface area contributed by atoms with Gasteiger partial charge in [0.25, 0.3) is 5.91 Å². The highest BCUT2D eigenvalue weighted by Gasteiger charge is 2.08. The topological polar surface area (TPSA) is 77.2 Å². The molecule has 1 amide bonds. The summed E-state index contributed by atoms with van der Waals surface area (Å²) in [5, 5.41) is 2.73. The molecule has 0 radical (unpaired) electrons. The van der Waals surface area contributed by atoms with E-state index in [4.69, 9.17) is 10.5 Å². The molecule has 0 spiro atoms. The van der Waals surface area contributed by atoms with Gasteiger partial charge in [0.2, 0.25) is 0 Å². The zero-order valence-electron chi connectivity index (χ0n) is 9.56. The van der Waals surface area contributed by atoms with E-state index in [9.17, 15) is 4.79 Å². The predicted octanol–water partition coefficient (Wildman–Crippen LogP) is 0.305. The van der Waals surface area contributed by atoms with Crippen LogP contribution in [0.3, 0.4) is 0 Å². The summed E-state index contributed by atoms with van der Waals surface area (Å²) in [6.07, 6.45) is 1.60. The molecule has 0 aliphatic carbocycles. The summed E-state index contributed by atoms with van der Waals surface area (Å²) in [4.78, 5) is 15.6. The molecule has 0 aromatic carbocycles. The first-order valence-electron chi connectivity index (χ1n) is 5.13. The van der Waals surface area contributed by atoms with Crippen LogP contribution in [0.5, 0.6) is 0 Å². The molecule has 88 valence electrons. The van der Waals surface area contributed by atoms with Gasteiger partial charge in [0.15, 0.2) is 0 Å². The standard InChI is InChI=1S/C11H17N3O2/c1-8(16-2)6-14-11(15)10-4-3-9(5-12)7-13-10/h3-4,7-8H,5-6,12H2,1-2H3,(H,14,15). The largest absolute Gasteiger partial charge is 0.380 e. The number of rotatable bonds is 5. The molecule has 0 aliphatic rings. The third-order valence-electron chi connectivity index (χ3n) is 2.25. The lowest BCUT2D eigenvalue weighted by atomic mass is 10.2. The van der Waals surface area contributed by atoms with Gasteiger partial charge in [-0.05, 0) is 18.6 Å². The summed E-state index contributed by atoms with van der Waals surface area (Å²) < 4.78 is 5.02. The Kier molecular flexibility index (Phi) is 4.88. The van der Waals surface area contributed by atoms with Crippen LogP contribution in [0, 0.1) is 0 Å². The van der Waals surface area contributed by atoms with Crippen molar-refractivity contribution in [1.82, 2.24) is 10.3 Å². The van der Waals surface area contributed by atoms with Crippen molar-refractivity contribution in [2.24, 2.45) is 5.73 Å². The maximum absolute atomic E-state index is 11.6. The second kappa shape index (κ2) is 6.19. The third kappa shape index (κ3) is 3.60. The lowest BCUT2D eigenvalue weighted by Crippen LogP contribution is -2.32. The van der Waals surface area contributed by atoms with Gasteiger partial charge in [-0.25, -0.2) is 0 Å². The Bertz CT molecular complexity index is 338. The summed E-state index contributed by atoms with van der Waals surface area (Å²) in [5.74, 6) is -0.201. The van der Waals surface area contributed by atoms with E-state index in [-0.39, 0.29) is 12.0 Å². The number of hydrogen-bond donors (Lipinski definition) is 2. The number of hydrogen-bond acceptors (Lipinski definition) is 4. The molecule has 0 fully saturated rings. The predicted molar refractivity (Wildman–Crippen MR) is 60.9 cm³/mol. The van der Waals surface area contributed by atoms with E-state index < -0.39 is 0 Å². The summed E-state index contributed by atoms with van der Waals surface area (Å²) in [7, 11) is 1.60. The number of carbonyl (C=O) groups excluding carboxylic acids is 1. The SMILES string of the molecule is COC(C)CNC(=O)c1ccc(CN)cn1. The minimum absolute atomic E-state index is 0.00716. The molecule has 1 rings (SSSR count). The van der Waals surface area contributed by atoms with E-state index in [1.165, 1.54) is 0 Å². The first-order valence-corrected chi connectivity index (χ1v) is 5.13. The van der Waals surface area contributed by atoms with Crippen LogP contribution < -0.4 is 11.1 Å². The number of nitrogens with two attached hydrogens (primary N) is 1. The van der Waals surface area contributed by atoms with Gasteiger partial charge in [0.05, 0.1) is 6.10 Å². The van der Waals surface area contributed by atoms with Crippen LogP contribution in [0.1, 0.15) is 23.0 Å². The fourth-order valence-corrected chi connectivity index (χ4v) is 1.09. The van der Waals surface area contributed by atoms with Crippen LogP contribution in [-0.4, -0.2) is 30.6 Å². The number of amides is 1. The molecule has 1 aromatic rings. The Morgan fingerprint density at radius 3 is 2.88 bits per heavy atom. The molecule has 16 heavy (non-hydrogen) atoms. The van der Waals surface area contributed by atoms with E-state index in [0.29, 0.717) is 18.8 Å². The molecule has 3 N–H and O–H groups in total. The molecule has 0 saturated carbocycles. The molecular formula is C11H17N3O2. The molecule has 1 aromatic heterocycles. The molecule has 0 bridgehead atoms. The van der Waals surface area contributed by atoms with Gasteiger partial charge in [-0.15, -0.1) is 0 Å². The molecule has 5 heteroatoms. The Morgan fingerprint density at radius 1 is 1.62 bits per heavy atom. The number of ether oxygens (including phenoxy) is 1. The summed E-state index contributed by atoms with van der Waals surface area (Å²) in [5.41, 5.74) is 6.73. The minimum atomic E-state index is -0.201. The van der Waals surface area contributed by atoms with Gasteiger partial charge in [-0.2, -0.15) is 0 Å². The van der Waals surface area contributed by atoms with Crippen LogP contribution in [0.25, 0.3) is 0 Å². The van der Waals surface area contributed by atoms with Gasteiger partial charge >= 0.3 is 0 Å². The fraction of sp³-hybridized carbons (Fsp3) is 0.455. The molecule has 5 nitrogen and oxygen atoms in total. The number of pyridine rings is 1. The Hall–Kier alpha value is -1.46. The van der Waals surface area contributed by atoms with Gasteiger partial charge < -0.3 is 15.8 Å². The number of nitrogens with zero attached hydrogens (tertiary/aromatic N) is 1. The van der Waals surface area contributed by atoms with Crippen LogP contribution in [0.15, 0.2) is 18.3 Å². The molecule has 1 atom stereocenters. The van der Waals surface area contributed by atoms with Gasteiger partial charge in [-0.3, -0.25) is 9.78 Å². The minimum Gasteiger partial charge on any atom is -0.380 e. The average molecular weight is 223 g/mol. The van der Waals surface area contributed by atoms with E-state index in [1.54, 1.807) is 25.4 Å². The molecule has 1 unspecified atom stereocenters. The summed E-state index contributed by atoms with van der Waals surface area (Å²) in [6.45, 7) is 2.77. The van der Waals surface area contributed by atoms with Crippen LogP contribution in [0.4, 0.5) is 0 Å². The van der Waals surface area contributed by atoms with Gasteiger partial charge in [-0.1, -0.05) is 6.07 Å². The molecule has 0 saturated heterocycles. The van der Waals surface area contributed by atoms with Crippen molar-refractivity contribution in [3.8, 4) is 0 Å². The first-order chi connectivity index (χ1) is 7.67. The second-order valence-electron chi connectivity index (χ2n) is 3.51. The number of nitrogens with one attached hydrogen (secondary N) is 1. The molecule has 0 aliphatic heterocycles. The van der Waals surface area contributed by atoms with Crippen molar-refractivity contribution in [2.75, 3.05) is 13.7 Å². The Labute approximate surface area is 95.0 Å². The van der Waals surface area contributed by atoms with Gasteiger partial charge in [0.1, 0.15) is 5.69 Å². The normalized spacial score (nSPS) is 12.2. The fourth-order valence-electron chi connectivity index (χ4n) is 1.09. The molecule has 1 heterocycles. The Balaban J connectivity index is 2.52. The zero-order chi connectivity index (χ0) is 12.0. The molecular weight excluding hydrogens is 206 g/mol. The lowest BCUT2D eigenvalue weighted by molar-refractivity contribution is 0.0866. The van der Waals surface area contributed by atoms with Crippen LogP contribution in [0.2, 0.25) is 0 Å². The maximum atomic E-state index is 11.6.